The lowest BCUT2D eigenvalue weighted by atomic mass is 10.1. The molecule has 0 radical (unpaired) electrons. The topological polar surface area (TPSA) is 97.4 Å². The summed E-state index contributed by atoms with van der Waals surface area (Å²) in [5.74, 6) is -0.237. The van der Waals surface area contributed by atoms with Gasteiger partial charge < -0.3 is 10.1 Å². The first-order chi connectivity index (χ1) is 15.2. The zero-order valence-corrected chi connectivity index (χ0v) is 19.3. The van der Waals surface area contributed by atoms with Crippen LogP contribution in [-0.4, -0.2) is 25.4 Å². The predicted molar refractivity (Wildman–Crippen MR) is 121 cm³/mol. The van der Waals surface area contributed by atoms with E-state index in [-0.39, 0.29) is 42.4 Å². The molecular weight excluding hydrogens is 453 g/mol. The molecule has 7 nitrogen and oxygen atoms in total. The van der Waals surface area contributed by atoms with Crippen LogP contribution >= 0.6 is 11.3 Å². The van der Waals surface area contributed by atoms with Crippen LogP contribution in [0.25, 0.3) is 0 Å². The van der Waals surface area contributed by atoms with E-state index in [0.29, 0.717) is 16.3 Å². The molecule has 0 atom stereocenters. The van der Waals surface area contributed by atoms with Crippen LogP contribution in [0.4, 0.5) is 4.39 Å². The number of sulfonamides is 1. The van der Waals surface area contributed by atoms with Crippen LogP contribution in [0.1, 0.15) is 40.5 Å². The van der Waals surface area contributed by atoms with E-state index in [1.807, 2.05) is 0 Å². The zero-order valence-electron chi connectivity index (χ0n) is 17.7. The molecule has 170 valence electrons. The van der Waals surface area contributed by atoms with E-state index in [1.54, 1.807) is 43.5 Å². The molecule has 3 rings (SSSR count). The van der Waals surface area contributed by atoms with E-state index in [0.717, 1.165) is 5.56 Å². The van der Waals surface area contributed by atoms with Gasteiger partial charge in [0.15, 0.2) is 0 Å². The van der Waals surface area contributed by atoms with E-state index in [2.05, 4.69) is 15.0 Å². The number of halogens is 1. The first-order valence-electron chi connectivity index (χ1n) is 9.89. The number of ether oxygens (including phenoxy) is 1. The molecule has 10 heteroatoms. The van der Waals surface area contributed by atoms with E-state index in [1.165, 1.54) is 35.6 Å². The van der Waals surface area contributed by atoms with E-state index in [4.69, 9.17) is 4.74 Å². The Hall–Kier alpha value is -2.82. The van der Waals surface area contributed by atoms with Crippen molar-refractivity contribution in [1.29, 1.82) is 0 Å². The van der Waals surface area contributed by atoms with Gasteiger partial charge in [-0.1, -0.05) is 24.3 Å². The monoisotopic (exact) mass is 477 g/mol. The Bertz CT molecular complexity index is 1140. The number of nitrogens with zero attached hydrogens (tertiary/aromatic N) is 1. The number of amides is 1. The number of benzene rings is 2. The van der Waals surface area contributed by atoms with Gasteiger partial charge in [0.25, 0.3) is 5.91 Å². The highest BCUT2D eigenvalue weighted by Crippen LogP contribution is 2.16. The minimum absolute atomic E-state index is 0.0978. The molecule has 3 aromatic rings. The summed E-state index contributed by atoms with van der Waals surface area (Å²) >= 11 is 1.30. The number of nitrogens with one attached hydrogen (secondary N) is 2. The Kier molecular flexibility index (Phi) is 7.94. The zero-order chi connectivity index (χ0) is 23.1. The maximum atomic E-state index is 12.9. The van der Waals surface area contributed by atoms with Crippen molar-refractivity contribution in [2.24, 2.45) is 0 Å². The molecule has 1 heterocycles. The summed E-state index contributed by atoms with van der Waals surface area (Å²) in [6.07, 6.45) is 0. The SMILES string of the molecule is CC(C)NS(=O)(=O)Cc1ccc(CNC(=O)c2csc(COc3ccc(F)cc3)n2)cc1. The number of rotatable bonds is 10. The molecule has 0 spiro atoms. The van der Waals surface area contributed by atoms with Gasteiger partial charge in [-0.05, 0) is 49.2 Å². The molecule has 0 bridgehead atoms. The Morgan fingerprint density at radius 2 is 1.75 bits per heavy atom. The summed E-state index contributed by atoms with van der Waals surface area (Å²) in [7, 11) is -3.38. The molecule has 32 heavy (non-hydrogen) atoms. The molecule has 2 N–H and O–H groups in total. The maximum Gasteiger partial charge on any atom is 0.271 e. The van der Waals surface area contributed by atoms with E-state index >= 15 is 0 Å². The second kappa shape index (κ2) is 10.7. The van der Waals surface area contributed by atoms with Crippen LogP contribution in [0.2, 0.25) is 0 Å². The highest BCUT2D eigenvalue weighted by molar-refractivity contribution is 7.88. The van der Waals surface area contributed by atoms with Gasteiger partial charge in [0, 0.05) is 18.0 Å². The third kappa shape index (κ3) is 7.40. The number of hydrogen-bond acceptors (Lipinski definition) is 6. The number of aromatic nitrogens is 1. The Balaban J connectivity index is 1.48. The fraction of sp³-hybridized carbons (Fsp3) is 0.273. The average molecular weight is 478 g/mol. The fourth-order valence-electron chi connectivity index (χ4n) is 2.80. The van der Waals surface area contributed by atoms with Crippen molar-refractivity contribution in [3.63, 3.8) is 0 Å². The van der Waals surface area contributed by atoms with Crippen molar-refractivity contribution in [2.75, 3.05) is 0 Å². The van der Waals surface area contributed by atoms with Gasteiger partial charge in [0.1, 0.15) is 28.9 Å². The molecule has 1 amide bonds. The third-order valence-corrected chi connectivity index (χ3v) is 6.57. The second-order valence-corrected chi connectivity index (χ2v) is 10.1. The smallest absolute Gasteiger partial charge is 0.271 e. The number of thiazole rings is 1. The fourth-order valence-corrected chi connectivity index (χ4v) is 4.92. The quantitative estimate of drug-likeness (QED) is 0.465. The second-order valence-electron chi connectivity index (χ2n) is 7.40. The lowest BCUT2D eigenvalue weighted by Crippen LogP contribution is -2.31. The molecule has 2 aromatic carbocycles. The van der Waals surface area contributed by atoms with Crippen molar-refractivity contribution in [3.05, 3.63) is 81.6 Å². The molecular formula is C22H24FN3O4S2. The van der Waals surface area contributed by atoms with Crippen molar-refractivity contribution in [1.82, 2.24) is 15.0 Å². The minimum atomic E-state index is -3.38. The van der Waals surface area contributed by atoms with Gasteiger partial charge >= 0.3 is 0 Å². The first-order valence-corrected chi connectivity index (χ1v) is 12.4. The molecule has 0 aliphatic heterocycles. The molecule has 0 saturated carbocycles. The van der Waals surface area contributed by atoms with E-state index < -0.39 is 10.0 Å². The number of carbonyl (C=O) groups excluding carboxylic acids is 1. The Morgan fingerprint density at radius 1 is 1.09 bits per heavy atom. The van der Waals surface area contributed by atoms with Gasteiger partial charge in [-0.25, -0.2) is 22.5 Å². The molecule has 1 aromatic heterocycles. The van der Waals surface area contributed by atoms with Gasteiger partial charge in [-0.2, -0.15) is 0 Å². The highest BCUT2D eigenvalue weighted by Gasteiger charge is 2.14. The Labute approximate surface area is 190 Å². The van der Waals surface area contributed by atoms with Crippen LogP contribution in [0, 0.1) is 5.82 Å². The van der Waals surface area contributed by atoms with E-state index in [9.17, 15) is 17.6 Å². The number of hydrogen-bond donors (Lipinski definition) is 2. The van der Waals surface area contributed by atoms with Crippen LogP contribution in [0.5, 0.6) is 5.75 Å². The summed E-state index contributed by atoms with van der Waals surface area (Å²) in [4.78, 5) is 16.6. The van der Waals surface area contributed by atoms with Crippen molar-refractivity contribution in [2.45, 2.75) is 38.8 Å². The summed E-state index contributed by atoms with van der Waals surface area (Å²) in [6.45, 7) is 4.01. The summed E-state index contributed by atoms with van der Waals surface area (Å²) in [6, 6.07) is 12.5. The minimum Gasteiger partial charge on any atom is -0.486 e. The lowest BCUT2D eigenvalue weighted by molar-refractivity contribution is 0.0946. The lowest BCUT2D eigenvalue weighted by Gasteiger charge is -2.10. The molecule has 0 unspecified atom stereocenters. The molecule has 0 aliphatic rings. The largest absolute Gasteiger partial charge is 0.486 e. The van der Waals surface area contributed by atoms with Gasteiger partial charge in [0.2, 0.25) is 10.0 Å². The van der Waals surface area contributed by atoms with Crippen LogP contribution in [-0.2, 0) is 28.9 Å². The third-order valence-electron chi connectivity index (χ3n) is 4.21. The van der Waals surface area contributed by atoms with Crippen molar-refractivity contribution < 1.29 is 22.3 Å². The standard InChI is InChI=1S/C22H24FN3O4S2/c1-15(2)26-32(28,29)14-17-5-3-16(4-6-17)11-24-22(27)20-13-31-21(25-20)12-30-19-9-7-18(23)8-10-19/h3-10,13,15,26H,11-12,14H2,1-2H3,(H,24,27). The normalized spacial score (nSPS) is 11.5. The van der Waals surface area contributed by atoms with Crippen molar-refractivity contribution >= 4 is 27.3 Å². The molecule has 0 saturated heterocycles. The van der Waals surface area contributed by atoms with Crippen molar-refractivity contribution in [3.8, 4) is 5.75 Å². The average Bonchev–Trinajstić information content (AvgIpc) is 3.20. The summed E-state index contributed by atoms with van der Waals surface area (Å²) < 4.78 is 45.0. The Morgan fingerprint density at radius 3 is 2.41 bits per heavy atom. The number of carbonyl (C=O) groups is 1. The van der Waals surface area contributed by atoms with Crippen LogP contribution < -0.4 is 14.8 Å². The van der Waals surface area contributed by atoms with Gasteiger partial charge in [-0.15, -0.1) is 11.3 Å². The summed E-state index contributed by atoms with van der Waals surface area (Å²) in [5.41, 5.74) is 1.79. The highest BCUT2D eigenvalue weighted by atomic mass is 32.2. The maximum absolute atomic E-state index is 12.9. The molecule has 0 fully saturated rings. The van der Waals surface area contributed by atoms with Crippen LogP contribution in [0.3, 0.4) is 0 Å². The predicted octanol–water partition coefficient (Wildman–Crippen LogP) is 3.62. The van der Waals surface area contributed by atoms with Gasteiger partial charge in [0.05, 0.1) is 5.75 Å². The van der Waals surface area contributed by atoms with Gasteiger partial charge in [-0.3, -0.25) is 4.79 Å². The first kappa shape index (κ1) is 23.8. The molecule has 0 aliphatic carbocycles. The van der Waals surface area contributed by atoms with Crippen LogP contribution in [0.15, 0.2) is 53.9 Å². The summed E-state index contributed by atoms with van der Waals surface area (Å²) in [5, 5.41) is 5.07.